The molecule has 4 nitrogen and oxygen atoms in total. The molecule has 1 fully saturated rings. The summed E-state index contributed by atoms with van der Waals surface area (Å²) in [4.78, 5) is 11.6. The molecule has 88 valence electrons. The Bertz CT molecular complexity index is 316. The normalized spacial score (nSPS) is 18.8. The van der Waals surface area contributed by atoms with Crippen LogP contribution in [-0.4, -0.2) is 39.4 Å². The molecule has 1 unspecified atom stereocenters. The highest BCUT2D eigenvalue weighted by atomic mass is 32.2. The fourth-order valence-corrected chi connectivity index (χ4v) is 2.31. The van der Waals surface area contributed by atoms with Crippen LogP contribution in [0.4, 0.5) is 0 Å². The summed E-state index contributed by atoms with van der Waals surface area (Å²) in [5, 5.41) is 0. The van der Waals surface area contributed by atoms with Crippen LogP contribution in [-0.2, 0) is 19.4 Å². The molecule has 0 bridgehead atoms. The molecule has 1 aliphatic rings. The van der Waals surface area contributed by atoms with Gasteiger partial charge in [-0.1, -0.05) is 0 Å². The Balaban J connectivity index is 2.28. The maximum absolute atomic E-state index is 11.6. The summed E-state index contributed by atoms with van der Waals surface area (Å²) in [7, 11) is -1.41. The van der Waals surface area contributed by atoms with Crippen molar-refractivity contribution in [1.29, 1.82) is 0 Å². The standard InChI is InChI=1S/C10H18O4S/c1-14-10(8-5-6-8)9(11)4-3-7-15(2,12)13/h8,10H,3-7H2,1-2H3. The summed E-state index contributed by atoms with van der Waals surface area (Å²) < 4.78 is 26.8. The number of carbonyl (C=O) groups is 1. The van der Waals surface area contributed by atoms with Gasteiger partial charge >= 0.3 is 0 Å². The molecular formula is C10H18O4S. The number of carbonyl (C=O) groups excluding carboxylic acids is 1. The molecule has 0 radical (unpaired) electrons. The third-order valence-electron chi connectivity index (χ3n) is 2.56. The summed E-state index contributed by atoms with van der Waals surface area (Å²) in [6, 6.07) is 0. The van der Waals surface area contributed by atoms with Gasteiger partial charge in [0.05, 0.1) is 5.75 Å². The van der Waals surface area contributed by atoms with Crippen LogP contribution in [0.25, 0.3) is 0 Å². The van der Waals surface area contributed by atoms with E-state index in [1.807, 2.05) is 0 Å². The molecule has 15 heavy (non-hydrogen) atoms. The van der Waals surface area contributed by atoms with E-state index < -0.39 is 9.84 Å². The molecule has 1 atom stereocenters. The summed E-state index contributed by atoms with van der Waals surface area (Å²) in [5.74, 6) is 0.504. The number of Topliss-reactive ketones (excluding diaryl/α,β-unsaturated/α-hetero) is 1. The predicted octanol–water partition coefficient (Wildman–Crippen LogP) is 0.805. The zero-order valence-corrected chi connectivity index (χ0v) is 10.0. The maximum atomic E-state index is 11.6. The van der Waals surface area contributed by atoms with Gasteiger partial charge in [0.2, 0.25) is 0 Å². The fraction of sp³-hybridized carbons (Fsp3) is 0.900. The van der Waals surface area contributed by atoms with Gasteiger partial charge in [0.1, 0.15) is 15.9 Å². The zero-order valence-electron chi connectivity index (χ0n) is 9.23. The van der Waals surface area contributed by atoms with Crippen LogP contribution in [0.2, 0.25) is 0 Å². The molecule has 0 aromatic carbocycles. The minimum atomic E-state index is -2.95. The topological polar surface area (TPSA) is 60.4 Å². The smallest absolute Gasteiger partial charge is 0.161 e. The zero-order chi connectivity index (χ0) is 11.5. The maximum Gasteiger partial charge on any atom is 0.161 e. The average molecular weight is 234 g/mol. The highest BCUT2D eigenvalue weighted by molar-refractivity contribution is 7.90. The van der Waals surface area contributed by atoms with Crippen LogP contribution < -0.4 is 0 Å². The van der Waals surface area contributed by atoms with E-state index in [1.54, 1.807) is 0 Å². The van der Waals surface area contributed by atoms with Crippen molar-refractivity contribution in [3.8, 4) is 0 Å². The van der Waals surface area contributed by atoms with Gasteiger partial charge < -0.3 is 4.74 Å². The van der Waals surface area contributed by atoms with E-state index in [4.69, 9.17) is 4.74 Å². The van der Waals surface area contributed by atoms with Gasteiger partial charge in [-0.3, -0.25) is 4.79 Å². The lowest BCUT2D eigenvalue weighted by molar-refractivity contribution is -0.129. The van der Waals surface area contributed by atoms with E-state index in [-0.39, 0.29) is 17.6 Å². The van der Waals surface area contributed by atoms with Crippen molar-refractivity contribution in [3.05, 3.63) is 0 Å². The lowest BCUT2D eigenvalue weighted by atomic mass is 10.1. The molecule has 1 rings (SSSR count). The SMILES string of the molecule is COC(C(=O)CCCS(C)(=O)=O)C1CC1. The van der Waals surface area contributed by atoms with Gasteiger partial charge in [0, 0.05) is 19.8 Å². The van der Waals surface area contributed by atoms with Crippen LogP contribution in [0.15, 0.2) is 0 Å². The van der Waals surface area contributed by atoms with E-state index in [2.05, 4.69) is 0 Å². The second-order valence-electron chi connectivity index (χ2n) is 4.19. The first-order valence-electron chi connectivity index (χ1n) is 5.17. The second kappa shape index (κ2) is 5.07. The number of sulfone groups is 1. The van der Waals surface area contributed by atoms with Crippen molar-refractivity contribution >= 4 is 15.6 Å². The van der Waals surface area contributed by atoms with Gasteiger partial charge in [-0.05, 0) is 25.2 Å². The molecule has 0 aromatic heterocycles. The van der Waals surface area contributed by atoms with Crippen molar-refractivity contribution in [1.82, 2.24) is 0 Å². The molecule has 0 aromatic rings. The number of ether oxygens (including phenoxy) is 1. The lowest BCUT2D eigenvalue weighted by Gasteiger charge is -2.12. The van der Waals surface area contributed by atoms with Crippen molar-refractivity contribution < 1.29 is 17.9 Å². The van der Waals surface area contributed by atoms with Gasteiger partial charge in [-0.25, -0.2) is 8.42 Å². The van der Waals surface area contributed by atoms with E-state index in [0.717, 1.165) is 12.8 Å². The third-order valence-corrected chi connectivity index (χ3v) is 3.59. The molecule has 0 heterocycles. The van der Waals surface area contributed by atoms with Gasteiger partial charge in [0.25, 0.3) is 0 Å². The number of rotatable bonds is 7. The second-order valence-corrected chi connectivity index (χ2v) is 6.45. The fourth-order valence-electron chi connectivity index (χ4n) is 1.64. The van der Waals surface area contributed by atoms with Crippen molar-refractivity contribution in [3.63, 3.8) is 0 Å². The minimum Gasteiger partial charge on any atom is -0.373 e. The van der Waals surface area contributed by atoms with E-state index >= 15 is 0 Å². The van der Waals surface area contributed by atoms with Gasteiger partial charge in [0.15, 0.2) is 5.78 Å². The summed E-state index contributed by atoms with van der Waals surface area (Å²) in [5.41, 5.74) is 0. The molecule has 0 amide bonds. The van der Waals surface area contributed by atoms with Crippen LogP contribution >= 0.6 is 0 Å². The van der Waals surface area contributed by atoms with E-state index in [0.29, 0.717) is 18.8 Å². The third kappa shape index (κ3) is 4.75. The number of methoxy groups -OCH3 is 1. The van der Waals surface area contributed by atoms with Crippen LogP contribution in [0.3, 0.4) is 0 Å². The first-order chi connectivity index (χ1) is 6.94. The van der Waals surface area contributed by atoms with Crippen molar-refractivity contribution in [2.24, 2.45) is 5.92 Å². The lowest BCUT2D eigenvalue weighted by Crippen LogP contribution is -2.25. The average Bonchev–Trinajstić information content (AvgIpc) is 2.87. The Morgan fingerprint density at radius 3 is 2.47 bits per heavy atom. The van der Waals surface area contributed by atoms with Crippen LogP contribution in [0.5, 0.6) is 0 Å². The highest BCUT2D eigenvalue weighted by Crippen LogP contribution is 2.34. The van der Waals surface area contributed by atoms with Crippen LogP contribution in [0.1, 0.15) is 25.7 Å². The molecule has 0 spiro atoms. The molecule has 1 saturated carbocycles. The molecule has 0 N–H and O–H groups in total. The van der Waals surface area contributed by atoms with E-state index in [1.165, 1.54) is 13.4 Å². The number of ketones is 1. The quantitative estimate of drug-likeness (QED) is 0.654. The predicted molar refractivity (Wildman–Crippen MR) is 57.5 cm³/mol. The summed E-state index contributed by atoms with van der Waals surface area (Å²) >= 11 is 0. The summed E-state index contributed by atoms with van der Waals surface area (Å²) in [6.07, 6.45) is 3.70. The van der Waals surface area contributed by atoms with Gasteiger partial charge in [-0.2, -0.15) is 0 Å². The Morgan fingerprint density at radius 2 is 2.07 bits per heavy atom. The monoisotopic (exact) mass is 234 g/mol. The summed E-state index contributed by atoms with van der Waals surface area (Å²) in [6.45, 7) is 0. The number of hydrogen-bond acceptors (Lipinski definition) is 4. The Kier molecular flexibility index (Phi) is 4.28. The first-order valence-corrected chi connectivity index (χ1v) is 7.23. The van der Waals surface area contributed by atoms with E-state index in [9.17, 15) is 13.2 Å². The molecule has 0 saturated heterocycles. The van der Waals surface area contributed by atoms with Gasteiger partial charge in [-0.15, -0.1) is 0 Å². The Hall–Kier alpha value is -0.420. The minimum absolute atomic E-state index is 0.0450. The Labute approximate surface area is 90.9 Å². The molecule has 5 heteroatoms. The number of hydrogen-bond donors (Lipinski definition) is 0. The largest absolute Gasteiger partial charge is 0.373 e. The highest BCUT2D eigenvalue weighted by Gasteiger charge is 2.35. The van der Waals surface area contributed by atoms with Crippen molar-refractivity contribution in [2.75, 3.05) is 19.1 Å². The molecule has 0 aliphatic heterocycles. The Morgan fingerprint density at radius 1 is 1.47 bits per heavy atom. The molecule has 1 aliphatic carbocycles. The first kappa shape index (κ1) is 12.6. The van der Waals surface area contributed by atoms with Crippen molar-refractivity contribution in [2.45, 2.75) is 31.8 Å². The molecular weight excluding hydrogens is 216 g/mol. The van der Waals surface area contributed by atoms with Crippen LogP contribution in [0, 0.1) is 5.92 Å².